The van der Waals surface area contributed by atoms with Crippen LogP contribution in [0.25, 0.3) is 0 Å². The van der Waals surface area contributed by atoms with E-state index >= 15 is 0 Å². The summed E-state index contributed by atoms with van der Waals surface area (Å²) in [5.41, 5.74) is 5.52. The number of rotatable bonds is 4. The molecule has 1 aliphatic rings. The third kappa shape index (κ3) is 3.38. The fraction of sp³-hybridized carbons (Fsp3) is 0.217. The molecule has 0 saturated heterocycles. The number of fused-ring (bicyclic) bond motifs is 1. The molecule has 4 rings (SSSR count). The van der Waals surface area contributed by atoms with E-state index < -0.39 is 0 Å². The van der Waals surface area contributed by atoms with Gasteiger partial charge in [-0.2, -0.15) is 4.57 Å². The van der Waals surface area contributed by atoms with Crippen molar-refractivity contribution in [2.45, 2.75) is 32.4 Å². The van der Waals surface area contributed by atoms with Crippen molar-refractivity contribution < 1.29 is 9.36 Å². The van der Waals surface area contributed by atoms with E-state index in [1.807, 2.05) is 60.3 Å². The van der Waals surface area contributed by atoms with E-state index in [-0.39, 0.29) is 11.8 Å². The second-order valence-electron chi connectivity index (χ2n) is 6.95. The normalized spacial score (nSPS) is 16.2. The molecule has 0 saturated carbocycles. The Morgan fingerprint density at radius 2 is 1.81 bits per heavy atom. The Labute approximate surface area is 154 Å². The van der Waals surface area contributed by atoms with E-state index in [1.54, 1.807) is 0 Å². The fourth-order valence-electron chi connectivity index (χ4n) is 3.59. The van der Waals surface area contributed by atoms with E-state index in [2.05, 4.69) is 29.6 Å². The first-order chi connectivity index (χ1) is 12.7. The molecule has 0 fully saturated rings. The summed E-state index contributed by atoms with van der Waals surface area (Å²) in [7, 11) is 0. The van der Waals surface area contributed by atoms with Crippen LogP contribution in [0.5, 0.6) is 0 Å². The minimum absolute atomic E-state index is 0.104. The maximum atomic E-state index is 12.9. The number of benzene rings is 2. The quantitative estimate of drug-likeness (QED) is 0.718. The van der Waals surface area contributed by atoms with Crippen LogP contribution >= 0.6 is 0 Å². The molecule has 3 heteroatoms. The zero-order valence-electron chi connectivity index (χ0n) is 15.0. The van der Waals surface area contributed by atoms with Gasteiger partial charge in [0.25, 0.3) is 0 Å². The van der Waals surface area contributed by atoms with Crippen LogP contribution in [0.2, 0.25) is 0 Å². The molecular weight excluding hydrogens is 320 g/mol. The van der Waals surface area contributed by atoms with Crippen LogP contribution in [0.4, 0.5) is 5.69 Å². The molecule has 1 aromatic heterocycles. The number of nitrogens with zero attached hydrogens (tertiary/aromatic N) is 1. The summed E-state index contributed by atoms with van der Waals surface area (Å²) in [5, 5.41) is 3.43. The molecule has 0 bridgehead atoms. The van der Waals surface area contributed by atoms with Crippen molar-refractivity contribution in [1.29, 1.82) is 0 Å². The third-order valence-corrected chi connectivity index (χ3v) is 5.07. The monoisotopic (exact) mass is 343 g/mol. The Hall–Kier alpha value is -2.94. The highest BCUT2D eigenvalue weighted by atomic mass is 16.1. The average molecular weight is 343 g/mol. The van der Waals surface area contributed by atoms with Gasteiger partial charge in [-0.15, -0.1) is 0 Å². The van der Waals surface area contributed by atoms with Gasteiger partial charge in [0.05, 0.1) is 0 Å². The molecule has 1 unspecified atom stereocenters. The molecule has 0 spiro atoms. The molecule has 1 N–H and O–H groups in total. The van der Waals surface area contributed by atoms with Crippen LogP contribution in [-0.2, 0) is 13.0 Å². The summed E-state index contributed by atoms with van der Waals surface area (Å²) in [6, 6.07) is 20.5. The number of carbonyl (C=O) groups is 1. The van der Waals surface area contributed by atoms with Crippen LogP contribution in [0.1, 0.15) is 39.5 Å². The Kier molecular flexibility index (Phi) is 4.53. The Morgan fingerprint density at radius 3 is 2.58 bits per heavy atom. The minimum Gasteiger partial charge on any atom is -0.381 e. The first kappa shape index (κ1) is 16.5. The summed E-state index contributed by atoms with van der Waals surface area (Å²) in [4.78, 5) is 12.9. The summed E-state index contributed by atoms with van der Waals surface area (Å²) >= 11 is 0. The first-order valence-corrected chi connectivity index (χ1v) is 9.13. The van der Waals surface area contributed by atoms with Gasteiger partial charge in [-0.1, -0.05) is 48.0 Å². The first-order valence-electron chi connectivity index (χ1n) is 9.13. The van der Waals surface area contributed by atoms with Crippen molar-refractivity contribution >= 4 is 11.5 Å². The highest BCUT2D eigenvalue weighted by Gasteiger charge is 2.33. The van der Waals surface area contributed by atoms with E-state index in [0.29, 0.717) is 0 Å². The number of Topliss-reactive ketones (excluding diaryl/α,β-unsaturated/α-hetero) is 1. The van der Waals surface area contributed by atoms with Crippen LogP contribution in [-0.4, -0.2) is 5.78 Å². The van der Waals surface area contributed by atoms with Crippen molar-refractivity contribution in [1.82, 2.24) is 0 Å². The molecule has 1 aliphatic carbocycles. The van der Waals surface area contributed by atoms with Gasteiger partial charge in [-0.25, -0.2) is 0 Å². The maximum absolute atomic E-state index is 12.9. The SMILES string of the molecule is Cc1ccc2c(c1)C(=O)C([n+]1ccc(NCc3ccccc3)cc1)CC2. The number of nitrogens with one attached hydrogen (secondary N) is 1. The van der Waals surface area contributed by atoms with E-state index in [0.717, 1.165) is 36.2 Å². The number of carbonyl (C=O) groups excluding carboxylic acids is 1. The second-order valence-corrected chi connectivity index (χ2v) is 6.95. The highest BCUT2D eigenvalue weighted by molar-refractivity contribution is 6.00. The van der Waals surface area contributed by atoms with Gasteiger partial charge in [0.2, 0.25) is 11.8 Å². The number of ketones is 1. The molecule has 0 radical (unpaired) electrons. The molecule has 1 heterocycles. The topological polar surface area (TPSA) is 33.0 Å². The summed E-state index contributed by atoms with van der Waals surface area (Å²) in [6.07, 6.45) is 5.83. The van der Waals surface area contributed by atoms with Crippen molar-refractivity contribution in [2.24, 2.45) is 0 Å². The number of hydrogen-bond donors (Lipinski definition) is 1. The largest absolute Gasteiger partial charge is 0.381 e. The summed E-state index contributed by atoms with van der Waals surface area (Å²) in [6.45, 7) is 2.83. The zero-order valence-corrected chi connectivity index (χ0v) is 15.0. The van der Waals surface area contributed by atoms with E-state index in [1.165, 1.54) is 11.1 Å². The summed E-state index contributed by atoms with van der Waals surface area (Å²) in [5.74, 6) is 0.227. The fourth-order valence-corrected chi connectivity index (χ4v) is 3.59. The van der Waals surface area contributed by atoms with E-state index in [9.17, 15) is 4.79 Å². The lowest BCUT2D eigenvalue weighted by Gasteiger charge is -2.20. The number of hydrogen-bond acceptors (Lipinski definition) is 2. The Morgan fingerprint density at radius 1 is 1.04 bits per heavy atom. The molecule has 1 atom stereocenters. The molecule has 0 amide bonds. The van der Waals surface area contributed by atoms with Gasteiger partial charge < -0.3 is 5.32 Å². The average Bonchev–Trinajstić information content (AvgIpc) is 2.68. The summed E-state index contributed by atoms with van der Waals surface area (Å²) < 4.78 is 2.04. The minimum atomic E-state index is -0.104. The van der Waals surface area contributed by atoms with Gasteiger partial charge in [-0.3, -0.25) is 4.79 Å². The molecule has 3 aromatic rings. The molecule has 26 heavy (non-hydrogen) atoms. The van der Waals surface area contributed by atoms with Crippen LogP contribution in [0.15, 0.2) is 73.1 Å². The third-order valence-electron chi connectivity index (χ3n) is 5.07. The number of pyridine rings is 1. The standard InChI is InChI=1S/C23H22N2O/c1-17-7-8-19-9-10-22(23(26)21(19)15-17)25-13-11-20(12-14-25)24-16-18-5-3-2-4-6-18/h2-8,11-15,22H,9-10,16H2,1H3/p+1. The predicted molar refractivity (Wildman–Crippen MR) is 103 cm³/mol. The van der Waals surface area contributed by atoms with Crippen molar-refractivity contribution in [2.75, 3.05) is 5.32 Å². The second kappa shape index (κ2) is 7.12. The maximum Gasteiger partial charge on any atom is 0.230 e. The Bertz CT molecular complexity index is 917. The molecule has 130 valence electrons. The smallest absolute Gasteiger partial charge is 0.230 e. The molecule has 0 aliphatic heterocycles. The zero-order chi connectivity index (χ0) is 17.9. The van der Waals surface area contributed by atoms with Crippen molar-refractivity contribution in [3.8, 4) is 0 Å². The van der Waals surface area contributed by atoms with Gasteiger partial charge in [0.15, 0.2) is 12.4 Å². The van der Waals surface area contributed by atoms with Gasteiger partial charge in [0, 0.05) is 36.3 Å². The Balaban J connectivity index is 1.48. The van der Waals surface area contributed by atoms with Gasteiger partial charge >= 0.3 is 0 Å². The lowest BCUT2D eigenvalue weighted by molar-refractivity contribution is -0.708. The lowest BCUT2D eigenvalue weighted by Crippen LogP contribution is -2.45. The lowest BCUT2D eigenvalue weighted by atomic mass is 9.86. The number of anilines is 1. The van der Waals surface area contributed by atoms with Crippen LogP contribution in [0.3, 0.4) is 0 Å². The predicted octanol–water partition coefficient (Wildman–Crippen LogP) is 4.26. The van der Waals surface area contributed by atoms with Crippen LogP contribution < -0.4 is 9.88 Å². The molecular formula is C23H23N2O+. The van der Waals surface area contributed by atoms with E-state index in [4.69, 9.17) is 0 Å². The number of aryl methyl sites for hydroxylation is 2. The van der Waals surface area contributed by atoms with Crippen LogP contribution in [0, 0.1) is 6.92 Å². The van der Waals surface area contributed by atoms with Gasteiger partial charge in [0.1, 0.15) is 0 Å². The highest BCUT2D eigenvalue weighted by Crippen LogP contribution is 2.26. The van der Waals surface area contributed by atoms with Crippen molar-refractivity contribution in [3.05, 3.63) is 95.3 Å². The van der Waals surface area contributed by atoms with Crippen molar-refractivity contribution in [3.63, 3.8) is 0 Å². The molecule has 3 nitrogen and oxygen atoms in total. The number of aromatic nitrogens is 1. The molecule has 2 aromatic carbocycles. The van der Waals surface area contributed by atoms with Gasteiger partial charge in [-0.05, 0) is 30.5 Å².